The summed E-state index contributed by atoms with van der Waals surface area (Å²) >= 11 is 6.28. The largest absolute Gasteiger partial charge is 0.489 e. The summed E-state index contributed by atoms with van der Waals surface area (Å²) in [4.78, 5) is 4.74. The smallest absolute Gasteiger partial charge is 0.124 e. The van der Waals surface area contributed by atoms with E-state index in [1.165, 1.54) is 12.8 Å². The van der Waals surface area contributed by atoms with E-state index in [1.54, 1.807) is 0 Å². The van der Waals surface area contributed by atoms with Crippen molar-refractivity contribution < 1.29 is 9.84 Å². The number of likely N-dealkylation sites (tertiary alicyclic amines) is 1. The minimum absolute atomic E-state index is 0.168. The van der Waals surface area contributed by atoms with Crippen molar-refractivity contribution in [3.05, 3.63) is 64.7 Å². The van der Waals surface area contributed by atoms with Crippen LogP contribution in [0.4, 0.5) is 0 Å². The Balaban J connectivity index is 1.42. The van der Waals surface area contributed by atoms with Crippen molar-refractivity contribution in [2.75, 3.05) is 20.1 Å². The fourth-order valence-corrected chi connectivity index (χ4v) is 5.02. The van der Waals surface area contributed by atoms with Gasteiger partial charge in [0, 0.05) is 29.2 Å². The van der Waals surface area contributed by atoms with Crippen molar-refractivity contribution in [2.24, 2.45) is 0 Å². The zero-order chi connectivity index (χ0) is 20.2. The van der Waals surface area contributed by atoms with Gasteiger partial charge in [-0.3, -0.25) is 9.80 Å². The Kier molecular flexibility index (Phi) is 6.76. The fourth-order valence-electron chi connectivity index (χ4n) is 4.83. The molecule has 1 aliphatic heterocycles. The second kappa shape index (κ2) is 9.48. The highest BCUT2D eigenvalue weighted by Gasteiger charge is 2.40. The Bertz CT molecular complexity index is 795. The average molecular weight is 415 g/mol. The highest BCUT2D eigenvalue weighted by molar-refractivity contribution is 6.30. The van der Waals surface area contributed by atoms with E-state index in [-0.39, 0.29) is 12.1 Å². The van der Waals surface area contributed by atoms with Crippen molar-refractivity contribution in [2.45, 2.75) is 57.0 Å². The summed E-state index contributed by atoms with van der Waals surface area (Å²) in [7, 11) is 2.10. The maximum Gasteiger partial charge on any atom is 0.124 e. The normalized spacial score (nSPS) is 25.0. The Labute approximate surface area is 179 Å². The summed E-state index contributed by atoms with van der Waals surface area (Å²) in [6.07, 6.45) is 4.32. The van der Waals surface area contributed by atoms with Crippen molar-refractivity contribution in [1.82, 2.24) is 9.80 Å². The molecule has 4 rings (SSSR count). The summed E-state index contributed by atoms with van der Waals surface area (Å²) in [5, 5.41) is 11.7. The van der Waals surface area contributed by atoms with Crippen LogP contribution in [0.3, 0.4) is 0 Å². The van der Waals surface area contributed by atoms with Gasteiger partial charge in [0.2, 0.25) is 0 Å². The molecule has 5 heteroatoms. The van der Waals surface area contributed by atoms with Gasteiger partial charge in [-0.15, -0.1) is 0 Å². The molecule has 2 aromatic rings. The van der Waals surface area contributed by atoms with Crippen molar-refractivity contribution in [1.29, 1.82) is 0 Å². The van der Waals surface area contributed by atoms with Gasteiger partial charge in [0.1, 0.15) is 12.4 Å². The summed E-state index contributed by atoms with van der Waals surface area (Å²) in [5.74, 6) is 0.855. The summed E-state index contributed by atoms with van der Waals surface area (Å²) in [6.45, 7) is 3.50. The molecule has 1 heterocycles. The van der Waals surface area contributed by atoms with E-state index in [0.717, 1.165) is 42.8 Å². The molecule has 0 spiro atoms. The van der Waals surface area contributed by atoms with Crippen LogP contribution in [0, 0.1) is 0 Å². The molecule has 1 saturated heterocycles. The molecule has 2 aromatic carbocycles. The first-order valence-corrected chi connectivity index (χ1v) is 11.1. The fraction of sp³-hybridized carbons (Fsp3) is 0.500. The molecule has 4 nitrogen and oxygen atoms in total. The lowest BCUT2D eigenvalue weighted by atomic mass is 10.1. The number of halogens is 1. The average Bonchev–Trinajstić information content (AvgIpc) is 3.37. The molecule has 156 valence electrons. The van der Waals surface area contributed by atoms with Crippen LogP contribution in [-0.2, 0) is 13.2 Å². The third kappa shape index (κ3) is 4.95. The van der Waals surface area contributed by atoms with Gasteiger partial charge in [0.25, 0.3) is 0 Å². The molecule has 0 aromatic heterocycles. The Morgan fingerprint density at radius 1 is 1.10 bits per heavy atom. The number of benzene rings is 2. The highest BCUT2D eigenvalue weighted by atomic mass is 35.5. The summed E-state index contributed by atoms with van der Waals surface area (Å²) in [6, 6.07) is 16.5. The van der Waals surface area contributed by atoms with E-state index in [9.17, 15) is 5.11 Å². The molecule has 0 amide bonds. The molecule has 3 atom stereocenters. The van der Waals surface area contributed by atoms with Crippen LogP contribution >= 0.6 is 11.6 Å². The van der Waals surface area contributed by atoms with Gasteiger partial charge >= 0.3 is 0 Å². The van der Waals surface area contributed by atoms with Crippen LogP contribution in [0.2, 0.25) is 5.02 Å². The van der Waals surface area contributed by atoms with Crippen LogP contribution in [0.5, 0.6) is 5.75 Å². The number of likely N-dealkylation sites (N-methyl/N-ethyl adjacent to an activating group) is 1. The maximum absolute atomic E-state index is 11.0. The predicted molar refractivity (Wildman–Crippen MR) is 117 cm³/mol. The van der Waals surface area contributed by atoms with E-state index < -0.39 is 0 Å². The molecular formula is C24H31ClN2O2. The van der Waals surface area contributed by atoms with Crippen LogP contribution in [-0.4, -0.2) is 53.2 Å². The molecule has 29 heavy (non-hydrogen) atoms. The monoisotopic (exact) mass is 414 g/mol. The predicted octanol–water partition coefficient (Wildman–Crippen LogP) is 4.34. The van der Waals surface area contributed by atoms with Gasteiger partial charge in [-0.25, -0.2) is 0 Å². The van der Waals surface area contributed by atoms with Gasteiger partial charge in [-0.2, -0.15) is 0 Å². The topological polar surface area (TPSA) is 35.9 Å². The SMILES string of the molecule is CN(Cc1cc(Cl)ccc1OCc1ccccc1)[C@@H]1CC[C@@H](N2CCCC2)[C@@H]1O. The first kappa shape index (κ1) is 20.7. The second-order valence-electron chi connectivity index (χ2n) is 8.39. The number of hydrogen-bond acceptors (Lipinski definition) is 4. The molecule has 1 N–H and O–H groups in total. The number of nitrogens with zero attached hydrogens (tertiary/aromatic N) is 2. The molecule has 2 fully saturated rings. The van der Waals surface area contributed by atoms with E-state index >= 15 is 0 Å². The molecular weight excluding hydrogens is 384 g/mol. The van der Waals surface area contributed by atoms with Crippen molar-refractivity contribution in [3.8, 4) is 5.75 Å². The van der Waals surface area contributed by atoms with Gasteiger partial charge in [0.15, 0.2) is 0 Å². The number of hydrogen-bond donors (Lipinski definition) is 1. The van der Waals surface area contributed by atoms with Gasteiger partial charge in [-0.05, 0) is 69.6 Å². The second-order valence-corrected chi connectivity index (χ2v) is 8.82. The number of aliphatic hydroxyl groups excluding tert-OH is 1. The maximum atomic E-state index is 11.0. The zero-order valence-electron chi connectivity index (χ0n) is 17.1. The lowest BCUT2D eigenvalue weighted by molar-refractivity contribution is 0.0317. The quantitative estimate of drug-likeness (QED) is 0.731. The van der Waals surface area contributed by atoms with Crippen molar-refractivity contribution in [3.63, 3.8) is 0 Å². The van der Waals surface area contributed by atoms with E-state index in [4.69, 9.17) is 16.3 Å². The van der Waals surface area contributed by atoms with Gasteiger partial charge < -0.3 is 9.84 Å². The van der Waals surface area contributed by atoms with Gasteiger partial charge in [-0.1, -0.05) is 41.9 Å². The third-order valence-corrected chi connectivity index (χ3v) is 6.64. The standard InChI is InChI=1S/C24H31ClN2O2/c1-26(21-10-11-22(24(21)28)27-13-5-6-14-27)16-19-15-20(25)9-12-23(19)29-17-18-7-3-2-4-8-18/h2-4,7-9,12,15,21-22,24,28H,5-6,10-11,13-14,16-17H2,1H3/t21-,22-,24-/m1/s1. The Morgan fingerprint density at radius 3 is 2.62 bits per heavy atom. The third-order valence-electron chi connectivity index (χ3n) is 6.40. The minimum atomic E-state index is -0.300. The van der Waals surface area contributed by atoms with Gasteiger partial charge in [0.05, 0.1) is 6.10 Å². The highest BCUT2D eigenvalue weighted by Crippen LogP contribution is 2.32. The molecule has 0 unspecified atom stereocenters. The lowest BCUT2D eigenvalue weighted by Crippen LogP contribution is -2.46. The lowest BCUT2D eigenvalue weighted by Gasteiger charge is -2.32. The van der Waals surface area contributed by atoms with E-state index in [2.05, 4.69) is 29.0 Å². The summed E-state index contributed by atoms with van der Waals surface area (Å²) in [5.41, 5.74) is 2.20. The van der Waals surface area contributed by atoms with E-state index in [1.807, 2.05) is 36.4 Å². The minimum Gasteiger partial charge on any atom is -0.489 e. The molecule has 0 bridgehead atoms. The Hall–Kier alpha value is -1.59. The number of ether oxygens (including phenoxy) is 1. The van der Waals surface area contributed by atoms with Crippen LogP contribution in [0.25, 0.3) is 0 Å². The molecule has 1 aliphatic carbocycles. The molecule has 0 radical (unpaired) electrons. The van der Waals surface area contributed by atoms with Crippen LogP contribution < -0.4 is 4.74 Å². The number of aliphatic hydroxyl groups is 1. The van der Waals surface area contributed by atoms with Crippen molar-refractivity contribution >= 4 is 11.6 Å². The van der Waals surface area contributed by atoms with Crippen LogP contribution in [0.15, 0.2) is 48.5 Å². The number of rotatable bonds is 7. The van der Waals surface area contributed by atoms with E-state index in [0.29, 0.717) is 24.2 Å². The Morgan fingerprint density at radius 2 is 1.86 bits per heavy atom. The van der Waals surface area contributed by atoms with Crippen LogP contribution in [0.1, 0.15) is 36.8 Å². The molecule has 1 saturated carbocycles. The first-order valence-electron chi connectivity index (χ1n) is 10.7. The summed E-state index contributed by atoms with van der Waals surface area (Å²) < 4.78 is 6.11. The first-order chi connectivity index (χ1) is 14.1. The zero-order valence-corrected chi connectivity index (χ0v) is 17.9. The molecule has 2 aliphatic rings.